The molecule has 5 nitrogen and oxygen atoms in total. The average Bonchev–Trinajstić information content (AvgIpc) is 3.04. The molecule has 2 aromatic heterocycles. The summed E-state index contributed by atoms with van der Waals surface area (Å²) in [6.45, 7) is 1.91. The van der Waals surface area contributed by atoms with Crippen LogP contribution in [0.3, 0.4) is 0 Å². The lowest BCUT2D eigenvalue weighted by molar-refractivity contribution is 0.415. The highest BCUT2D eigenvalue weighted by atomic mass is 16.5. The molecule has 2 heterocycles. The minimum Gasteiger partial charge on any atom is -0.497 e. The Kier molecular flexibility index (Phi) is 3.17. The van der Waals surface area contributed by atoms with E-state index in [9.17, 15) is 0 Å². The van der Waals surface area contributed by atoms with E-state index in [1.807, 2.05) is 44.3 Å². The maximum atomic E-state index is 6.20. The first-order valence-electron chi connectivity index (χ1n) is 6.63. The van der Waals surface area contributed by atoms with Crippen LogP contribution in [0.5, 0.6) is 5.75 Å². The molecule has 2 N–H and O–H groups in total. The van der Waals surface area contributed by atoms with E-state index in [2.05, 4.69) is 5.10 Å². The number of benzene rings is 1. The van der Waals surface area contributed by atoms with Crippen molar-refractivity contribution in [2.24, 2.45) is 7.05 Å². The smallest absolute Gasteiger partial charge is 0.129 e. The van der Waals surface area contributed by atoms with E-state index in [0.717, 1.165) is 33.9 Å². The van der Waals surface area contributed by atoms with Gasteiger partial charge < -0.3 is 14.9 Å². The van der Waals surface area contributed by atoms with Crippen molar-refractivity contribution in [3.8, 4) is 28.1 Å². The van der Waals surface area contributed by atoms with Crippen molar-refractivity contribution in [1.82, 2.24) is 9.78 Å². The standard InChI is InChI=1S/C16H17N3O2/c1-10-13(8-9-21-10)15-14(16(17)19(2)18-15)11-4-6-12(20-3)7-5-11/h4-9H,17H2,1-3H3. The Labute approximate surface area is 122 Å². The number of anilines is 1. The second kappa shape index (κ2) is 5.01. The first kappa shape index (κ1) is 13.3. The van der Waals surface area contributed by atoms with Gasteiger partial charge in [0.05, 0.1) is 18.9 Å². The number of rotatable bonds is 3. The van der Waals surface area contributed by atoms with Crippen molar-refractivity contribution in [3.63, 3.8) is 0 Å². The van der Waals surface area contributed by atoms with Crippen molar-refractivity contribution >= 4 is 5.82 Å². The molecule has 3 rings (SSSR count). The van der Waals surface area contributed by atoms with E-state index in [4.69, 9.17) is 14.9 Å². The van der Waals surface area contributed by atoms with Crippen molar-refractivity contribution < 1.29 is 9.15 Å². The number of nitrogens with zero attached hydrogens (tertiary/aromatic N) is 2. The molecule has 5 heteroatoms. The molecule has 0 aliphatic carbocycles. The number of ether oxygens (including phenoxy) is 1. The quantitative estimate of drug-likeness (QED) is 0.801. The molecule has 0 saturated carbocycles. The van der Waals surface area contributed by atoms with Gasteiger partial charge in [0.2, 0.25) is 0 Å². The number of aromatic nitrogens is 2. The molecule has 0 unspecified atom stereocenters. The maximum absolute atomic E-state index is 6.20. The van der Waals surface area contributed by atoms with Gasteiger partial charge in [-0.15, -0.1) is 0 Å². The fourth-order valence-electron chi connectivity index (χ4n) is 2.40. The Bertz CT molecular complexity index is 769. The third kappa shape index (κ3) is 2.16. The Balaban J connectivity index is 2.19. The third-order valence-corrected chi connectivity index (χ3v) is 3.58. The Morgan fingerprint density at radius 3 is 2.48 bits per heavy atom. The van der Waals surface area contributed by atoms with E-state index in [1.165, 1.54) is 0 Å². The summed E-state index contributed by atoms with van der Waals surface area (Å²) in [5.74, 6) is 2.25. The van der Waals surface area contributed by atoms with Crippen LogP contribution in [0.25, 0.3) is 22.4 Å². The third-order valence-electron chi connectivity index (χ3n) is 3.58. The average molecular weight is 283 g/mol. The van der Waals surface area contributed by atoms with Crippen LogP contribution in [0.1, 0.15) is 5.76 Å². The normalized spacial score (nSPS) is 10.8. The van der Waals surface area contributed by atoms with Crippen molar-refractivity contribution in [3.05, 3.63) is 42.4 Å². The lowest BCUT2D eigenvalue weighted by atomic mass is 10.0. The molecule has 0 amide bonds. The summed E-state index contributed by atoms with van der Waals surface area (Å²) in [6.07, 6.45) is 1.66. The number of aryl methyl sites for hydroxylation is 2. The van der Waals surface area contributed by atoms with Crippen LogP contribution in [0.15, 0.2) is 41.0 Å². The number of nitrogen functional groups attached to an aromatic ring is 1. The van der Waals surface area contributed by atoms with Crippen molar-refractivity contribution in [2.75, 3.05) is 12.8 Å². The summed E-state index contributed by atoms with van der Waals surface area (Å²) in [5.41, 5.74) is 9.88. The molecule has 21 heavy (non-hydrogen) atoms. The van der Waals surface area contributed by atoms with Crippen LogP contribution in [-0.4, -0.2) is 16.9 Å². The summed E-state index contributed by atoms with van der Waals surface area (Å²) < 4.78 is 12.3. The van der Waals surface area contributed by atoms with E-state index >= 15 is 0 Å². The number of nitrogens with two attached hydrogens (primary N) is 1. The van der Waals surface area contributed by atoms with Crippen LogP contribution in [-0.2, 0) is 7.05 Å². The molecule has 3 aromatic rings. The van der Waals surface area contributed by atoms with Crippen LogP contribution >= 0.6 is 0 Å². The van der Waals surface area contributed by atoms with Gasteiger partial charge in [0.25, 0.3) is 0 Å². The molecule has 108 valence electrons. The Morgan fingerprint density at radius 2 is 1.90 bits per heavy atom. The van der Waals surface area contributed by atoms with Crippen molar-refractivity contribution in [2.45, 2.75) is 6.92 Å². The molecule has 0 aliphatic rings. The summed E-state index contributed by atoms with van der Waals surface area (Å²) in [7, 11) is 3.48. The van der Waals surface area contributed by atoms with Crippen LogP contribution < -0.4 is 10.5 Å². The first-order valence-corrected chi connectivity index (χ1v) is 6.63. The van der Waals surface area contributed by atoms with Gasteiger partial charge in [0.15, 0.2) is 0 Å². The first-order chi connectivity index (χ1) is 10.1. The summed E-state index contributed by atoms with van der Waals surface area (Å²) in [4.78, 5) is 0. The second-order valence-corrected chi connectivity index (χ2v) is 4.85. The molecular weight excluding hydrogens is 266 g/mol. The predicted octanol–water partition coefficient (Wildman–Crippen LogP) is 3.25. The van der Waals surface area contributed by atoms with Gasteiger partial charge >= 0.3 is 0 Å². The zero-order valence-corrected chi connectivity index (χ0v) is 12.3. The number of hydrogen-bond acceptors (Lipinski definition) is 4. The van der Waals surface area contributed by atoms with E-state index < -0.39 is 0 Å². The van der Waals surface area contributed by atoms with Crippen LogP contribution in [0, 0.1) is 6.92 Å². The second-order valence-electron chi connectivity index (χ2n) is 4.85. The molecule has 0 saturated heterocycles. The Morgan fingerprint density at radius 1 is 1.19 bits per heavy atom. The molecular formula is C16H17N3O2. The molecule has 0 aliphatic heterocycles. The van der Waals surface area contributed by atoms with Gasteiger partial charge in [-0.3, -0.25) is 4.68 Å². The van der Waals surface area contributed by atoms with E-state index in [0.29, 0.717) is 5.82 Å². The van der Waals surface area contributed by atoms with E-state index in [-0.39, 0.29) is 0 Å². The zero-order chi connectivity index (χ0) is 15.0. The molecule has 0 fully saturated rings. The molecule has 0 atom stereocenters. The highest BCUT2D eigenvalue weighted by Crippen LogP contribution is 2.37. The minimum absolute atomic E-state index is 0.621. The van der Waals surface area contributed by atoms with Gasteiger partial charge in [0.1, 0.15) is 23.0 Å². The summed E-state index contributed by atoms with van der Waals surface area (Å²) in [5, 5.41) is 4.53. The molecule has 0 spiro atoms. The monoisotopic (exact) mass is 283 g/mol. The fraction of sp³-hybridized carbons (Fsp3) is 0.188. The molecule has 0 bridgehead atoms. The van der Waals surface area contributed by atoms with E-state index in [1.54, 1.807) is 18.1 Å². The summed E-state index contributed by atoms with van der Waals surface area (Å²) >= 11 is 0. The number of hydrogen-bond donors (Lipinski definition) is 1. The highest BCUT2D eigenvalue weighted by molar-refractivity contribution is 5.88. The largest absolute Gasteiger partial charge is 0.497 e. The van der Waals surface area contributed by atoms with Crippen molar-refractivity contribution in [1.29, 1.82) is 0 Å². The Hall–Kier alpha value is -2.69. The zero-order valence-electron chi connectivity index (χ0n) is 12.3. The number of methoxy groups -OCH3 is 1. The highest BCUT2D eigenvalue weighted by Gasteiger charge is 2.19. The predicted molar refractivity (Wildman–Crippen MR) is 82.0 cm³/mol. The SMILES string of the molecule is COc1ccc(-c2c(-c3ccoc3C)nn(C)c2N)cc1. The molecule has 0 radical (unpaired) electrons. The van der Waals surface area contributed by atoms with Gasteiger partial charge in [0, 0.05) is 12.6 Å². The minimum atomic E-state index is 0.621. The van der Waals surface area contributed by atoms with Crippen LogP contribution in [0.2, 0.25) is 0 Å². The van der Waals surface area contributed by atoms with Crippen LogP contribution in [0.4, 0.5) is 5.82 Å². The summed E-state index contributed by atoms with van der Waals surface area (Å²) in [6, 6.07) is 9.68. The van der Waals surface area contributed by atoms with Gasteiger partial charge in [-0.25, -0.2) is 0 Å². The number of furan rings is 1. The van der Waals surface area contributed by atoms with Gasteiger partial charge in [-0.2, -0.15) is 5.10 Å². The lowest BCUT2D eigenvalue weighted by Crippen LogP contribution is -1.98. The fourth-order valence-corrected chi connectivity index (χ4v) is 2.40. The van der Waals surface area contributed by atoms with Gasteiger partial charge in [-0.05, 0) is 30.7 Å². The lowest BCUT2D eigenvalue weighted by Gasteiger charge is -2.05. The maximum Gasteiger partial charge on any atom is 0.129 e. The topological polar surface area (TPSA) is 66.2 Å². The molecule has 1 aromatic carbocycles. The van der Waals surface area contributed by atoms with Gasteiger partial charge in [-0.1, -0.05) is 12.1 Å².